The molecule has 1 amide bonds. The second-order valence-electron chi connectivity index (χ2n) is 5.57. The van der Waals surface area contributed by atoms with E-state index in [4.69, 9.17) is 4.74 Å². The molecule has 0 radical (unpaired) electrons. The number of carbonyl (C=O) groups excluding carboxylic acids is 1. The van der Waals surface area contributed by atoms with Crippen molar-refractivity contribution < 1.29 is 13.9 Å². The third kappa shape index (κ3) is 4.04. The molecule has 1 aliphatic heterocycles. The van der Waals surface area contributed by atoms with Crippen LogP contribution >= 0.6 is 0 Å². The lowest BCUT2D eigenvalue weighted by molar-refractivity contribution is -0.138. The van der Waals surface area contributed by atoms with Crippen LogP contribution in [0.25, 0.3) is 0 Å². The van der Waals surface area contributed by atoms with Gasteiger partial charge in [0, 0.05) is 12.6 Å². The average molecular weight is 279 g/mol. The average Bonchev–Trinajstić information content (AvgIpc) is 2.87. The summed E-state index contributed by atoms with van der Waals surface area (Å²) in [5, 5.41) is 0. The molecule has 1 aromatic carbocycles. The van der Waals surface area contributed by atoms with Gasteiger partial charge in [-0.3, -0.25) is 4.79 Å². The summed E-state index contributed by atoms with van der Waals surface area (Å²) in [6, 6.07) is 6.74. The van der Waals surface area contributed by atoms with Crippen molar-refractivity contribution in [2.75, 3.05) is 13.2 Å². The van der Waals surface area contributed by atoms with Crippen LogP contribution in [-0.4, -0.2) is 36.1 Å². The van der Waals surface area contributed by atoms with Crippen LogP contribution in [0.4, 0.5) is 4.39 Å². The van der Waals surface area contributed by atoms with Crippen molar-refractivity contribution in [2.45, 2.75) is 45.3 Å². The van der Waals surface area contributed by atoms with Crippen molar-refractivity contribution in [3.05, 3.63) is 35.6 Å². The molecule has 0 saturated carbocycles. The highest BCUT2D eigenvalue weighted by atomic mass is 19.1. The maximum absolute atomic E-state index is 12.9. The van der Waals surface area contributed by atoms with Gasteiger partial charge in [-0.2, -0.15) is 0 Å². The highest BCUT2D eigenvalue weighted by Gasteiger charge is 2.28. The van der Waals surface area contributed by atoms with Crippen molar-refractivity contribution >= 4 is 5.91 Å². The molecule has 0 aliphatic carbocycles. The number of amides is 1. The number of rotatable bonds is 5. The van der Waals surface area contributed by atoms with E-state index in [9.17, 15) is 9.18 Å². The SMILES string of the molecule is CC(C)OCC(=O)N1CCCC1Cc1ccc(F)cc1. The predicted octanol–water partition coefficient (Wildman–Crippen LogP) is 2.78. The molecule has 0 spiro atoms. The minimum Gasteiger partial charge on any atom is -0.369 e. The van der Waals surface area contributed by atoms with E-state index in [1.165, 1.54) is 12.1 Å². The van der Waals surface area contributed by atoms with Crippen LogP contribution in [0.5, 0.6) is 0 Å². The van der Waals surface area contributed by atoms with Gasteiger partial charge in [0.2, 0.25) is 5.91 Å². The molecule has 110 valence electrons. The highest BCUT2D eigenvalue weighted by molar-refractivity contribution is 5.78. The molecule has 1 unspecified atom stereocenters. The van der Waals surface area contributed by atoms with Crippen molar-refractivity contribution in [1.29, 1.82) is 0 Å². The maximum atomic E-state index is 12.9. The van der Waals surface area contributed by atoms with E-state index in [1.54, 1.807) is 12.1 Å². The number of likely N-dealkylation sites (tertiary alicyclic amines) is 1. The fourth-order valence-electron chi connectivity index (χ4n) is 2.59. The minimum atomic E-state index is -0.224. The first-order valence-electron chi connectivity index (χ1n) is 7.22. The molecule has 0 aromatic heterocycles. The summed E-state index contributed by atoms with van der Waals surface area (Å²) >= 11 is 0. The lowest BCUT2D eigenvalue weighted by Crippen LogP contribution is -2.39. The molecule has 1 saturated heterocycles. The Hall–Kier alpha value is -1.42. The third-order valence-corrected chi connectivity index (χ3v) is 3.62. The Morgan fingerprint density at radius 3 is 2.75 bits per heavy atom. The Morgan fingerprint density at radius 1 is 1.40 bits per heavy atom. The molecule has 2 rings (SSSR count). The van der Waals surface area contributed by atoms with Gasteiger partial charge in [-0.05, 0) is 50.8 Å². The number of nitrogens with zero attached hydrogens (tertiary/aromatic N) is 1. The summed E-state index contributed by atoms with van der Waals surface area (Å²) in [6.45, 7) is 4.80. The number of benzene rings is 1. The van der Waals surface area contributed by atoms with Gasteiger partial charge >= 0.3 is 0 Å². The summed E-state index contributed by atoms with van der Waals surface area (Å²) in [7, 11) is 0. The standard InChI is InChI=1S/C16H22FNO2/c1-12(2)20-11-16(19)18-9-3-4-15(18)10-13-5-7-14(17)8-6-13/h5-8,12,15H,3-4,9-11H2,1-2H3. The van der Waals surface area contributed by atoms with Crippen molar-refractivity contribution in [3.63, 3.8) is 0 Å². The maximum Gasteiger partial charge on any atom is 0.248 e. The zero-order chi connectivity index (χ0) is 14.5. The molecule has 1 aromatic rings. The first-order valence-corrected chi connectivity index (χ1v) is 7.22. The molecule has 20 heavy (non-hydrogen) atoms. The van der Waals surface area contributed by atoms with Crippen LogP contribution in [0.2, 0.25) is 0 Å². The smallest absolute Gasteiger partial charge is 0.248 e. The first kappa shape index (κ1) is 15.0. The van der Waals surface area contributed by atoms with Crippen molar-refractivity contribution in [3.8, 4) is 0 Å². The number of carbonyl (C=O) groups is 1. The van der Waals surface area contributed by atoms with Crippen molar-refractivity contribution in [1.82, 2.24) is 4.90 Å². The second-order valence-corrected chi connectivity index (χ2v) is 5.57. The summed E-state index contributed by atoms with van der Waals surface area (Å²) in [5.74, 6) is -0.165. The molecule has 1 aliphatic rings. The Kier molecular flexibility index (Phi) is 5.12. The molecule has 1 heterocycles. The van der Waals surface area contributed by atoms with E-state index in [1.807, 2.05) is 18.7 Å². The van der Waals surface area contributed by atoms with Gasteiger partial charge in [0.25, 0.3) is 0 Å². The van der Waals surface area contributed by atoms with Gasteiger partial charge in [0.05, 0.1) is 6.10 Å². The fourth-order valence-corrected chi connectivity index (χ4v) is 2.59. The molecule has 0 N–H and O–H groups in total. The Labute approximate surface area is 119 Å². The number of hydrogen-bond acceptors (Lipinski definition) is 2. The normalized spacial score (nSPS) is 18.8. The van der Waals surface area contributed by atoms with E-state index in [0.29, 0.717) is 0 Å². The monoisotopic (exact) mass is 279 g/mol. The summed E-state index contributed by atoms with van der Waals surface area (Å²) in [5.41, 5.74) is 1.07. The second kappa shape index (κ2) is 6.84. The lowest BCUT2D eigenvalue weighted by atomic mass is 10.0. The molecule has 1 atom stereocenters. The van der Waals surface area contributed by atoms with Crippen molar-refractivity contribution in [2.24, 2.45) is 0 Å². The Balaban J connectivity index is 1.93. The van der Waals surface area contributed by atoms with Crippen LogP contribution in [0.15, 0.2) is 24.3 Å². The van der Waals surface area contributed by atoms with Gasteiger partial charge in [-0.25, -0.2) is 4.39 Å². The van der Waals surface area contributed by atoms with Crippen LogP contribution in [-0.2, 0) is 16.0 Å². The Morgan fingerprint density at radius 2 is 2.10 bits per heavy atom. The topological polar surface area (TPSA) is 29.5 Å². The van der Waals surface area contributed by atoms with Gasteiger partial charge in [-0.1, -0.05) is 12.1 Å². The van der Waals surface area contributed by atoms with Crippen LogP contribution in [0.1, 0.15) is 32.3 Å². The zero-order valence-electron chi connectivity index (χ0n) is 12.1. The third-order valence-electron chi connectivity index (χ3n) is 3.62. The Bertz CT molecular complexity index is 444. The van der Waals surface area contributed by atoms with Gasteiger partial charge in [0.1, 0.15) is 12.4 Å². The van der Waals surface area contributed by atoms with E-state index in [2.05, 4.69) is 0 Å². The molecule has 3 nitrogen and oxygen atoms in total. The number of hydrogen-bond donors (Lipinski definition) is 0. The summed E-state index contributed by atoms with van der Waals surface area (Å²) in [4.78, 5) is 14.1. The molecule has 0 bridgehead atoms. The van der Waals surface area contributed by atoms with Gasteiger partial charge in [0.15, 0.2) is 0 Å². The van der Waals surface area contributed by atoms with E-state index >= 15 is 0 Å². The number of halogens is 1. The summed E-state index contributed by atoms with van der Waals surface area (Å²) < 4.78 is 18.3. The van der Waals surface area contributed by atoms with E-state index < -0.39 is 0 Å². The van der Waals surface area contributed by atoms with E-state index in [-0.39, 0.29) is 30.5 Å². The predicted molar refractivity (Wildman–Crippen MR) is 75.9 cm³/mol. The van der Waals surface area contributed by atoms with Crippen LogP contribution in [0.3, 0.4) is 0 Å². The lowest BCUT2D eigenvalue weighted by Gasteiger charge is -2.25. The minimum absolute atomic E-state index is 0.0586. The molecule has 4 heteroatoms. The molecular weight excluding hydrogens is 257 g/mol. The molecular formula is C16H22FNO2. The summed E-state index contributed by atoms with van der Waals surface area (Å²) in [6.07, 6.45) is 2.88. The zero-order valence-corrected chi connectivity index (χ0v) is 12.1. The van der Waals surface area contributed by atoms with Gasteiger partial charge < -0.3 is 9.64 Å². The van der Waals surface area contributed by atoms with Crippen LogP contribution in [0, 0.1) is 5.82 Å². The van der Waals surface area contributed by atoms with Gasteiger partial charge in [-0.15, -0.1) is 0 Å². The van der Waals surface area contributed by atoms with Crippen LogP contribution < -0.4 is 0 Å². The fraction of sp³-hybridized carbons (Fsp3) is 0.562. The highest BCUT2D eigenvalue weighted by Crippen LogP contribution is 2.21. The quantitative estimate of drug-likeness (QED) is 0.829. The first-order chi connectivity index (χ1) is 9.56. The number of ether oxygens (including phenoxy) is 1. The molecule has 1 fully saturated rings. The largest absolute Gasteiger partial charge is 0.369 e. The van der Waals surface area contributed by atoms with E-state index in [0.717, 1.165) is 31.4 Å².